The second-order valence-corrected chi connectivity index (χ2v) is 3.77. The number of aliphatic hydroxyl groups is 1. The number of aliphatic hydroxyl groups excluding tert-OH is 1. The minimum atomic E-state index is 0.0850. The van der Waals surface area contributed by atoms with Gasteiger partial charge in [0.15, 0.2) is 0 Å². The molecular formula is C11H17NO2. The Balaban J connectivity index is 3.05. The van der Waals surface area contributed by atoms with E-state index in [9.17, 15) is 0 Å². The van der Waals surface area contributed by atoms with Crippen LogP contribution in [-0.2, 0) is 0 Å². The fourth-order valence-electron chi connectivity index (χ4n) is 1.28. The maximum absolute atomic E-state index is 9.16. The minimum absolute atomic E-state index is 0.0850. The second-order valence-electron chi connectivity index (χ2n) is 3.77. The van der Waals surface area contributed by atoms with E-state index in [0.717, 1.165) is 22.6 Å². The molecule has 0 aliphatic heterocycles. The van der Waals surface area contributed by atoms with Gasteiger partial charge in [-0.2, -0.15) is 0 Å². The molecule has 0 saturated heterocycles. The van der Waals surface area contributed by atoms with Crippen molar-refractivity contribution in [3.63, 3.8) is 0 Å². The topological polar surface area (TPSA) is 46.3 Å². The molecule has 3 nitrogen and oxygen atoms in total. The smallest absolute Gasteiger partial charge is 0.141 e. The van der Waals surface area contributed by atoms with Gasteiger partial charge < -0.3 is 9.63 Å². The van der Waals surface area contributed by atoms with E-state index in [1.54, 1.807) is 0 Å². The van der Waals surface area contributed by atoms with Crippen LogP contribution in [0.2, 0.25) is 0 Å². The Morgan fingerprint density at radius 1 is 1.50 bits per heavy atom. The summed E-state index contributed by atoms with van der Waals surface area (Å²) in [5.74, 6) is 1.14. The van der Waals surface area contributed by atoms with Crippen molar-refractivity contribution in [1.82, 2.24) is 5.16 Å². The largest absolute Gasteiger partial charge is 0.392 e. The van der Waals surface area contributed by atoms with Crippen LogP contribution in [0.15, 0.2) is 10.1 Å². The number of hydrogen-bond acceptors (Lipinski definition) is 3. The monoisotopic (exact) mass is 195 g/mol. The molecule has 0 aliphatic carbocycles. The summed E-state index contributed by atoms with van der Waals surface area (Å²) in [7, 11) is 0. The van der Waals surface area contributed by atoms with Crippen LogP contribution in [0.1, 0.15) is 30.9 Å². The van der Waals surface area contributed by atoms with Crippen LogP contribution in [0.5, 0.6) is 0 Å². The van der Waals surface area contributed by atoms with Crippen molar-refractivity contribution < 1.29 is 9.63 Å². The Morgan fingerprint density at radius 3 is 2.50 bits per heavy atom. The average Bonchev–Trinajstić information content (AvgIpc) is 2.43. The van der Waals surface area contributed by atoms with Crippen LogP contribution in [0, 0.1) is 19.8 Å². The summed E-state index contributed by atoms with van der Waals surface area (Å²) in [6.45, 7) is 7.97. The summed E-state index contributed by atoms with van der Waals surface area (Å²) in [4.78, 5) is 0. The molecule has 1 N–H and O–H groups in total. The first-order valence-corrected chi connectivity index (χ1v) is 4.80. The third-order valence-electron chi connectivity index (χ3n) is 2.34. The molecular weight excluding hydrogens is 178 g/mol. The van der Waals surface area contributed by atoms with Crippen molar-refractivity contribution in [1.29, 1.82) is 0 Å². The highest BCUT2D eigenvalue weighted by molar-refractivity contribution is 5.56. The summed E-state index contributed by atoms with van der Waals surface area (Å²) >= 11 is 0. The highest BCUT2D eigenvalue weighted by Crippen LogP contribution is 2.19. The predicted molar refractivity (Wildman–Crippen MR) is 55.9 cm³/mol. The molecule has 1 heterocycles. The van der Waals surface area contributed by atoms with Gasteiger partial charge in [-0.1, -0.05) is 19.0 Å². The lowest BCUT2D eigenvalue weighted by atomic mass is 10.0. The van der Waals surface area contributed by atoms with Crippen molar-refractivity contribution >= 4 is 6.08 Å². The van der Waals surface area contributed by atoms with Crippen LogP contribution in [-0.4, -0.2) is 16.9 Å². The summed E-state index contributed by atoms with van der Waals surface area (Å²) in [5, 5.41) is 13.0. The van der Waals surface area contributed by atoms with Gasteiger partial charge in [-0.25, -0.2) is 0 Å². The van der Waals surface area contributed by atoms with Gasteiger partial charge in [-0.3, -0.25) is 0 Å². The fourth-order valence-corrected chi connectivity index (χ4v) is 1.28. The van der Waals surface area contributed by atoms with Gasteiger partial charge in [0.05, 0.1) is 12.3 Å². The lowest BCUT2D eigenvalue weighted by molar-refractivity contribution is 0.320. The first-order chi connectivity index (χ1) is 6.56. The Hall–Kier alpha value is -1.09. The highest BCUT2D eigenvalue weighted by atomic mass is 16.5. The van der Waals surface area contributed by atoms with Crippen LogP contribution in [0.4, 0.5) is 0 Å². The van der Waals surface area contributed by atoms with Crippen molar-refractivity contribution in [2.24, 2.45) is 5.92 Å². The van der Waals surface area contributed by atoms with Gasteiger partial charge in [-0.05, 0) is 31.4 Å². The number of aryl methyl sites for hydroxylation is 2. The molecule has 78 valence electrons. The van der Waals surface area contributed by atoms with Crippen LogP contribution in [0.25, 0.3) is 6.08 Å². The molecule has 1 aromatic heterocycles. The van der Waals surface area contributed by atoms with Crippen molar-refractivity contribution in [2.45, 2.75) is 27.7 Å². The van der Waals surface area contributed by atoms with E-state index in [1.165, 1.54) is 0 Å². The Kier molecular flexibility index (Phi) is 3.47. The number of aromatic nitrogens is 1. The standard InChI is InChI=1S/C11H17NO2/c1-7(2)10(6-13)5-11-8(3)12-14-9(11)4/h5,7,13H,6H2,1-4H3/b10-5+. The van der Waals surface area contributed by atoms with Gasteiger partial charge in [0.25, 0.3) is 0 Å². The Morgan fingerprint density at radius 2 is 2.14 bits per heavy atom. The lowest BCUT2D eigenvalue weighted by Gasteiger charge is -2.07. The van der Waals surface area contributed by atoms with Crippen LogP contribution < -0.4 is 0 Å². The molecule has 1 rings (SSSR count). The zero-order chi connectivity index (χ0) is 10.7. The fraction of sp³-hybridized carbons (Fsp3) is 0.545. The second kappa shape index (κ2) is 4.42. The van der Waals surface area contributed by atoms with Crippen LogP contribution >= 0.6 is 0 Å². The third kappa shape index (κ3) is 2.23. The van der Waals surface area contributed by atoms with Gasteiger partial charge in [0.1, 0.15) is 5.76 Å². The summed E-state index contributed by atoms with van der Waals surface area (Å²) < 4.78 is 5.04. The van der Waals surface area contributed by atoms with E-state index in [1.807, 2.05) is 19.9 Å². The third-order valence-corrected chi connectivity index (χ3v) is 2.34. The van der Waals surface area contributed by atoms with E-state index in [-0.39, 0.29) is 6.61 Å². The van der Waals surface area contributed by atoms with Crippen molar-refractivity contribution in [3.8, 4) is 0 Å². The van der Waals surface area contributed by atoms with E-state index in [2.05, 4.69) is 19.0 Å². The zero-order valence-electron chi connectivity index (χ0n) is 9.16. The molecule has 0 saturated carbocycles. The normalized spacial score (nSPS) is 12.6. The SMILES string of the molecule is Cc1noc(C)c1/C=C(\CO)C(C)C. The van der Waals surface area contributed by atoms with E-state index < -0.39 is 0 Å². The molecule has 0 bridgehead atoms. The molecule has 0 spiro atoms. The lowest BCUT2D eigenvalue weighted by Crippen LogP contribution is -1.99. The molecule has 0 aliphatic rings. The molecule has 0 amide bonds. The minimum Gasteiger partial charge on any atom is -0.392 e. The molecule has 1 aromatic rings. The predicted octanol–water partition coefficient (Wildman–Crippen LogP) is 2.32. The maximum Gasteiger partial charge on any atom is 0.141 e. The number of rotatable bonds is 3. The van der Waals surface area contributed by atoms with Crippen LogP contribution in [0.3, 0.4) is 0 Å². The molecule has 0 unspecified atom stereocenters. The van der Waals surface area contributed by atoms with Gasteiger partial charge in [-0.15, -0.1) is 0 Å². The molecule has 3 heteroatoms. The van der Waals surface area contributed by atoms with E-state index in [4.69, 9.17) is 9.63 Å². The maximum atomic E-state index is 9.16. The first-order valence-electron chi connectivity index (χ1n) is 4.80. The first kappa shape index (κ1) is 11.0. The molecule has 14 heavy (non-hydrogen) atoms. The molecule has 0 radical (unpaired) electrons. The Bertz CT molecular complexity index is 318. The summed E-state index contributed by atoms with van der Waals surface area (Å²) in [5.41, 5.74) is 2.86. The average molecular weight is 195 g/mol. The molecule has 0 fully saturated rings. The summed E-state index contributed by atoms with van der Waals surface area (Å²) in [6, 6.07) is 0. The van der Waals surface area contributed by atoms with E-state index in [0.29, 0.717) is 5.92 Å². The quantitative estimate of drug-likeness (QED) is 0.805. The van der Waals surface area contributed by atoms with Crippen molar-refractivity contribution in [3.05, 3.63) is 22.6 Å². The number of nitrogens with zero attached hydrogens (tertiary/aromatic N) is 1. The molecule has 0 atom stereocenters. The Labute approximate surface area is 84.4 Å². The highest BCUT2D eigenvalue weighted by Gasteiger charge is 2.09. The zero-order valence-corrected chi connectivity index (χ0v) is 9.16. The summed E-state index contributed by atoms with van der Waals surface area (Å²) in [6.07, 6.45) is 1.96. The van der Waals surface area contributed by atoms with E-state index >= 15 is 0 Å². The van der Waals surface area contributed by atoms with Crippen molar-refractivity contribution in [2.75, 3.05) is 6.61 Å². The van der Waals surface area contributed by atoms with Gasteiger partial charge >= 0.3 is 0 Å². The molecule has 0 aromatic carbocycles. The van der Waals surface area contributed by atoms with Gasteiger partial charge in [0, 0.05) is 5.56 Å². The number of hydrogen-bond donors (Lipinski definition) is 1. The van der Waals surface area contributed by atoms with Gasteiger partial charge in [0.2, 0.25) is 0 Å².